The molecular weight excluding hydrogens is 360 g/mol. The molecule has 0 unspecified atom stereocenters. The van der Waals surface area contributed by atoms with Gasteiger partial charge in [-0.1, -0.05) is 11.6 Å². The van der Waals surface area contributed by atoms with Gasteiger partial charge in [0.05, 0.1) is 18.2 Å². The molecule has 1 aliphatic heterocycles. The molecule has 0 spiro atoms. The molecule has 7 heteroatoms. The van der Waals surface area contributed by atoms with Crippen molar-refractivity contribution in [1.82, 2.24) is 10.2 Å². The maximum atomic E-state index is 11.9. The van der Waals surface area contributed by atoms with Crippen LogP contribution in [-0.2, 0) is 9.53 Å². The minimum Gasteiger partial charge on any atom is -0.378 e. The first-order valence-corrected chi connectivity index (χ1v) is 7.84. The van der Waals surface area contributed by atoms with E-state index >= 15 is 0 Å². The van der Waals surface area contributed by atoms with Crippen LogP contribution in [0.4, 0.5) is 0 Å². The van der Waals surface area contributed by atoms with Crippen molar-refractivity contribution in [2.75, 3.05) is 32.8 Å². The van der Waals surface area contributed by atoms with E-state index in [1.165, 1.54) is 0 Å². The van der Waals surface area contributed by atoms with Gasteiger partial charge >= 0.3 is 0 Å². The number of carbonyl (C=O) groups is 2. The lowest BCUT2D eigenvalue weighted by Crippen LogP contribution is -2.42. The molecule has 21 heavy (non-hydrogen) atoms. The molecule has 1 saturated heterocycles. The number of rotatable bonds is 4. The van der Waals surface area contributed by atoms with Crippen LogP contribution in [0.5, 0.6) is 0 Å². The molecule has 5 nitrogen and oxygen atoms in total. The summed E-state index contributed by atoms with van der Waals surface area (Å²) in [4.78, 5) is 25.6. The van der Waals surface area contributed by atoms with E-state index in [4.69, 9.17) is 16.3 Å². The Kier molecular flexibility index (Phi) is 6.02. The Balaban J connectivity index is 1.78. The van der Waals surface area contributed by atoms with Crippen molar-refractivity contribution in [1.29, 1.82) is 0 Å². The fourth-order valence-corrected chi connectivity index (χ4v) is 2.42. The van der Waals surface area contributed by atoms with Crippen molar-refractivity contribution in [2.24, 2.45) is 0 Å². The molecule has 1 heterocycles. The number of benzene rings is 1. The Bertz CT molecular complexity index is 533. The van der Waals surface area contributed by atoms with Gasteiger partial charge in [0.25, 0.3) is 5.91 Å². The molecule has 114 valence electrons. The van der Waals surface area contributed by atoms with Crippen LogP contribution in [0.25, 0.3) is 0 Å². The van der Waals surface area contributed by atoms with Crippen molar-refractivity contribution in [3.63, 3.8) is 0 Å². The first kappa shape index (κ1) is 16.3. The lowest BCUT2D eigenvalue weighted by Gasteiger charge is -2.26. The monoisotopic (exact) mass is 374 g/mol. The summed E-state index contributed by atoms with van der Waals surface area (Å²) in [5.74, 6) is -0.202. The topological polar surface area (TPSA) is 58.6 Å². The van der Waals surface area contributed by atoms with Crippen LogP contribution < -0.4 is 5.32 Å². The third kappa shape index (κ3) is 4.69. The van der Waals surface area contributed by atoms with Crippen LogP contribution in [-0.4, -0.2) is 49.6 Å². The minimum atomic E-state index is -0.237. The Morgan fingerprint density at radius 1 is 1.33 bits per heavy atom. The molecule has 0 atom stereocenters. The normalized spacial score (nSPS) is 14.9. The maximum Gasteiger partial charge on any atom is 0.251 e. The van der Waals surface area contributed by atoms with E-state index in [9.17, 15) is 9.59 Å². The highest BCUT2D eigenvalue weighted by atomic mass is 79.9. The summed E-state index contributed by atoms with van der Waals surface area (Å²) in [6.07, 6.45) is 0.288. The van der Waals surface area contributed by atoms with Crippen molar-refractivity contribution in [2.45, 2.75) is 6.42 Å². The molecule has 1 aromatic carbocycles. The average molecular weight is 376 g/mol. The van der Waals surface area contributed by atoms with E-state index < -0.39 is 0 Å². The zero-order valence-corrected chi connectivity index (χ0v) is 13.7. The van der Waals surface area contributed by atoms with E-state index in [1.54, 1.807) is 23.1 Å². The number of hydrogen-bond donors (Lipinski definition) is 1. The van der Waals surface area contributed by atoms with Crippen LogP contribution in [0.15, 0.2) is 22.7 Å². The standard InChI is InChI=1S/C14H16BrClN2O3/c15-11-2-1-10(9-12(11)16)14(20)17-4-3-13(19)18-5-7-21-8-6-18/h1-2,9H,3-8H2,(H,17,20). The molecule has 0 bridgehead atoms. The zero-order valence-electron chi connectivity index (χ0n) is 11.4. The molecular formula is C14H16BrClN2O3. The van der Waals surface area contributed by atoms with Crippen LogP contribution in [0.2, 0.25) is 5.02 Å². The molecule has 0 aromatic heterocycles. The Hall–Kier alpha value is -1.11. The number of nitrogens with zero attached hydrogens (tertiary/aromatic N) is 1. The summed E-state index contributed by atoms with van der Waals surface area (Å²) in [5, 5.41) is 3.20. The van der Waals surface area contributed by atoms with Gasteiger partial charge in [0.1, 0.15) is 0 Å². The minimum absolute atomic E-state index is 0.0347. The molecule has 2 rings (SSSR count). The number of hydrogen-bond acceptors (Lipinski definition) is 3. The number of morpholine rings is 1. The highest BCUT2D eigenvalue weighted by Crippen LogP contribution is 2.23. The van der Waals surface area contributed by atoms with E-state index in [-0.39, 0.29) is 18.2 Å². The van der Waals surface area contributed by atoms with Crippen molar-refractivity contribution >= 4 is 39.3 Å². The molecule has 1 aromatic rings. The average Bonchev–Trinajstić information content (AvgIpc) is 2.50. The summed E-state index contributed by atoms with van der Waals surface area (Å²) in [6.45, 7) is 2.71. The van der Waals surface area contributed by atoms with Gasteiger partial charge in [-0.25, -0.2) is 0 Å². The molecule has 0 aliphatic carbocycles. The summed E-state index contributed by atoms with van der Waals surface area (Å²) in [7, 11) is 0. The van der Waals surface area contributed by atoms with Crippen LogP contribution in [0.1, 0.15) is 16.8 Å². The SMILES string of the molecule is O=C(NCCC(=O)N1CCOCC1)c1ccc(Br)c(Cl)c1. The third-order valence-corrected chi connectivity index (χ3v) is 4.40. The molecule has 1 N–H and O–H groups in total. The Morgan fingerprint density at radius 2 is 2.05 bits per heavy atom. The zero-order chi connectivity index (χ0) is 15.2. The lowest BCUT2D eigenvalue weighted by molar-refractivity contribution is -0.135. The van der Waals surface area contributed by atoms with E-state index in [0.29, 0.717) is 43.4 Å². The number of halogens is 2. The van der Waals surface area contributed by atoms with Gasteiger partial charge in [-0.3, -0.25) is 9.59 Å². The molecule has 0 radical (unpaired) electrons. The van der Waals surface area contributed by atoms with E-state index in [2.05, 4.69) is 21.2 Å². The first-order chi connectivity index (χ1) is 10.1. The third-order valence-electron chi connectivity index (χ3n) is 3.17. The fourth-order valence-electron chi connectivity index (χ4n) is 1.99. The van der Waals surface area contributed by atoms with Crippen LogP contribution in [0.3, 0.4) is 0 Å². The second-order valence-corrected chi connectivity index (χ2v) is 5.89. The van der Waals surface area contributed by atoms with E-state index in [0.717, 1.165) is 4.47 Å². The van der Waals surface area contributed by atoms with Crippen molar-refractivity contribution in [3.8, 4) is 0 Å². The van der Waals surface area contributed by atoms with Crippen LogP contribution >= 0.6 is 27.5 Å². The van der Waals surface area contributed by atoms with Gasteiger partial charge in [0.2, 0.25) is 5.91 Å². The highest BCUT2D eigenvalue weighted by Gasteiger charge is 2.16. The molecule has 2 amide bonds. The van der Waals surface area contributed by atoms with Gasteiger partial charge in [0, 0.05) is 36.1 Å². The van der Waals surface area contributed by atoms with Crippen molar-refractivity contribution in [3.05, 3.63) is 33.3 Å². The fraction of sp³-hybridized carbons (Fsp3) is 0.429. The van der Waals surface area contributed by atoms with Gasteiger partial charge in [-0.2, -0.15) is 0 Å². The van der Waals surface area contributed by atoms with Gasteiger partial charge in [0.15, 0.2) is 0 Å². The predicted octanol–water partition coefficient (Wildman–Crippen LogP) is 2.08. The summed E-state index contributed by atoms with van der Waals surface area (Å²) >= 11 is 9.21. The predicted molar refractivity (Wildman–Crippen MR) is 83.5 cm³/mol. The Morgan fingerprint density at radius 3 is 2.71 bits per heavy atom. The van der Waals surface area contributed by atoms with Gasteiger partial charge in [-0.05, 0) is 34.1 Å². The summed E-state index contributed by atoms with van der Waals surface area (Å²) in [5.41, 5.74) is 0.474. The highest BCUT2D eigenvalue weighted by molar-refractivity contribution is 9.10. The first-order valence-electron chi connectivity index (χ1n) is 6.66. The summed E-state index contributed by atoms with van der Waals surface area (Å²) < 4.78 is 5.93. The quantitative estimate of drug-likeness (QED) is 0.876. The smallest absolute Gasteiger partial charge is 0.251 e. The van der Waals surface area contributed by atoms with Gasteiger partial charge < -0.3 is 15.0 Å². The van der Waals surface area contributed by atoms with Crippen molar-refractivity contribution < 1.29 is 14.3 Å². The maximum absolute atomic E-state index is 11.9. The molecule has 1 aliphatic rings. The van der Waals surface area contributed by atoms with E-state index in [1.807, 2.05) is 0 Å². The second kappa shape index (κ2) is 7.77. The molecule has 0 saturated carbocycles. The number of amides is 2. The summed E-state index contributed by atoms with van der Waals surface area (Å²) in [6, 6.07) is 4.98. The number of carbonyl (C=O) groups excluding carboxylic acids is 2. The Labute approximate surface area is 136 Å². The number of nitrogens with one attached hydrogen (secondary N) is 1. The molecule has 1 fully saturated rings. The van der Waals surface area contributed by atoms with Crippen LogP contribution in [0, 0.1) is 0 Å². The van der Waals surface area contributed by atoms with Gasteiger partial charge in [-0.15, -0.1) is 0 Å². The number of ether oxygens (including phenoxy) is 1. The second-order valence-electron chi connectivity index (χ2n) is 4.63. The largest absolute Gasteiger partial charge is 0.378 e. The lowest BCUT2D eigenvalue weighted by atomic mass is 10.2.